The molecule has 1 fully saturated rings. The summed E-state index contributed by atoms with van der Waals surface area (Å²) in [6.07, 6.45) is 9.16. The van der Waals surface area contributed by atoms with Crippen LogP contribution in [0.25, 0.3) is 0 Å². The van der Waals surface area contributed by atoms with E-state index >= 15 is 0 Å². The highest BCUT2D eigenvalue weighted by atomic mass is 15.2. The Morgan fingerprint density at radius 1 is 1.00 bits per heavy atom. The summed E-state index contributed by atoms with van der Waals surface area (Å²) in [6.45, 7) is 4.72. The molecule has 0 spiro atoms. The van der Waals surface area contributed by atoms with E-state index in [1.165, 1.54) is 49.9 Å². The predicted octanol–water partition coefficient (Wildman–Crippen LogP) is 4.68. The van der Waals surface area contributed by atoms with Gasteiger partial charge in [-0.05, 0) is 61.5 Å². The second kappa shape index (κ2) is 7.55. The summed E-state index contributed by atoms with van der Waals surface area (Å²) in [4.78, 5) is 6.86. The van der Waals surface area contributed by atoms with Crippen molar-refractivity contribution in [3.8, 4) is 0 Å². The molecule has 1 aliphatic heterocycles. The van der Waals surface area contributed by atoms with E-state index in [2.05, 4.69) is 59.3 Å². The largest absolute Gasteiger partial charge is 0.292 e. The van der Waals surface area contributed by atoms with Gasteiger partial charge >= 0.3 is 0 Å². The molecule has 0 aliphatic carbocycles. The molecule has 116 valence electrons. The van der Waals surface area contributed by atoms with E-state index < -0.39 is 0 Å². The third-order valence-electron chi connectivity index (χ3n) is 4.96. The molecule has 2 unspecified atom stereocenters. The van der Waals surface area contributed by atoms with Crippen LogP contribution < -0.4 is 0 Å². The van der Waals surface area contributed by atoms with Crippen LogP contribution in [-0.4, -0.2) is 23.0 Å². The van der Waals surface area contributed by atoms with Gasteiger partial charge in [0.25, 0.3) is 0 Å². The zero-order valence-electron chi connectivity index (χ0n) is 13.5. The quantitative estimate of drug-likeness (QED) is 0.813. The van der Waals surface area contributed by atoms with E-state index in [1.807, 2.05) is 12.4 Å². The molecule has 2 heteroatoms. The van der Waals surface area contributed by atoms with Crippen LogP contribution in [0.1, 0.15) is 49.8 Å². The number of rotatable bonds is 4. The number of hydrogen-bond donors (Lipinski definition) is 0. The summed E-state index contributed by atoms with van der Waals surface area (Å²) in [7, 11) is 0. The zero-order chi connectivity index (χ0) is 15.2. The van der Waals surface area contributed by atoms with Gasteiger partial charge in [-0.3, -0.25) is 9.88 Å². The molecule has 0 radical (unpaired) electrons. The van der Waals surface area contributed by atoms with Crippen molar-refractivity contribution in [2.24, 2.45) is 5.92 Å². The van der Waals surface area contributed by atoms with Crippen molar-refractivity contribution in [2.75, 3.05) is 13.1 Å². The zero-order valence-corrected chi connectivity index (χ0v) is 13.5. The van der Waals surface area contributed by atoms with Gasteiger partial charge in [0.2, 0.25) is 0 Å². The van der Waals surface area contributed by atoms with Crippen molar-refractivity contribution in [3.05, 3.63) is 66.0 Å². The van der Waals surface area contributed by atoms with E-state index in [0.29, 0.717) is 6.04 Å². The average molecular weight is 294 g/mol. The molecule has 2 atom stereocenters. The lowest BCUT2D eigenvalue weighted by Crippen LogP contribution is -2.30. The molecule has 2 heterocycles. The first-order valence-corrected chi connectivity index (χ1v) is 8.57. The molecule has 3 rings (SSSR count). The van der Waals surface area contributed by atoms with Gasteiger partial charge in [-0.25, -0.2) is 0 Å². The SMILES string of the molecule is CCC1CCCN(C(c2ccccc2)c2ccncc2)CC1. The average Bonchev–Trinajstić information content (AvgIpc) is 2.83. The van der Waals surface area contributed by atoms with Crippen molar-refractivity contribution >= 4 is 0 Å². The minimum atomic E-state index is 0.361. The van der Waals surface area contributed by atoms with Gasteiger partial charge in [-0.2, -0.15) is 0 Å². The van der Waals surface area contributed by atoms with Gasteiger partial charge in [-0.1, -0.05) is 43.7 Å². The van der Waals surface area contributed by atoms with E-state index in [-0.39, 0.29) is 0 Å². The fourth-order valence-corrected chi connectivity index (χ4v) is 3.65. The number of hydrogen-bond acceptors (Lipinski definition) is 2. The molecule has 1 saturated heterocycles. The van der Waals surface area contributed by atoms with Gasteiger partial charge in [0.05, 0.1) is 6.04 Å². The summed E-state index contributed by atoms with van der Waals surface area (Å²) >= 11 is 0. The lowest BCUT2D eigenvalue weighted by Gasteiger charge is -2.31. The van der Waals surface area contributed by atoms with Crippen molar-refractivity contribution in [3.63, 3.8) is 0 Å². The normalized spacial score (nSPS) is 21.2. The first kappa shape index (κ1) is 15.2. The molecular formula is C20H26N2. The highest BCUT2D eigenvalue weighted by Gasteiger charge is 2.25. The molecule has 1 aliphatic rings. The van der Waals surface area contributed by atoms with E-state index in [1.54, 1.807) is 0 Å². The standard InChI is InChI=1S/C20H26N2/c1-2-17-7-6-15-22(16-12-17)20(18-8-4-3-5-9-18)19-10-13-21-14-11-19/h3-5,8-11,13-14,17,20H,2,6-7,12,15-16H2,1H3. The van der Waals surface area contributed by atoms with Crippen LogP contribution in [0.5, 0.6) is 0 Å². The van der Waals surface area contributed by atoms with E-state index in [9.17, 15) is 0 Å². The molecule has 1 aromatic carbocycles. The lowest BCUT2D eigenvalue weighted by atomic mass is 9.97. The summed E-state index contributed by atoms with van der Waals surface area (Å²) in [6, 6.07) is 15.6. The van der Waals surface area contributed by atoms with Gasteiger partial charge in [-0.15, -0.1) is 0 Å². The smallest absolute Gasteiger partial charge is 0.0602 e. The van der Waals surface area contributed by atoms with Gasteiger partial charge in [0.15, 0.2) is 0 Å². The molecule has 0 amide bonds. The number of aromatic nitrogens is 1. The highest BCUT2D eigenvalue weighted by molar-refractivity contribution is 5.30. The van der Waals surface area contributed by atoms with Crippen molar-refractivity contribution in [2.45, 2.75) is 38.6 Å². The molecule has 22 heavy (non-hydrogen) atoms. The first-order valence-electron chi connectivity index (χ1n) is 8.57. The van der Waals surface area contributed by atoms with Crippen LogP contribution in [0.3, 0.4) is 0 Å². The molecule has 1 aromatic heterocycles. The fraction of sp³-hybridized carbons (Fsp3) is 0.450. The number of pyridine rings is 1. The Hall–Kier alpha value is -1.67. The topological polar surface area (TPSA) is 16.1 Å². The Morgan fingerprint density at radius 3 is 2.45 bits per heavy atom. The van der Waals surface area contributed by atoms with Crippen molar-refractivity contribution in [1.29, 1.82) is 0 Å². The molecule has 0 N–H and O–H groups in total. The molecule has 0 bridgehead atoms. The summed E-state index contributed by atoms with van der Waals surface area (Å²) in [5.41, 5.74) is 2.75. The van der Waals surface area contributed by atoms with E-state index in [0.717, 1.165) is 5.92 Å². The number of likely N-dealkylation sites (tertiary alicyclic amines) is 1. The summed E-state index contributed by atoms with van der Waals surface area (Å²) in [5.74, 6) is 0.902. The van der Waals surface area contributed by atoms with Crippen LogP contribution >= 0.6 is 0 Å². The van der Waals surface area contributed by atoms with Gasteiger partial charge < -0.3 is 0 Å². The number of benzene rings is 1. The Bertz CT molecular complexity index is 513. The van der Waals surface area contributed by atoms with Crippen LogP contribution in [0.15, 0.2) is 54.9 Å². The van der Waals surface area contributed by atoms with E-state index in [4.69, 9.17) is 0 Å². The molecule has 0 saturated carbocycles. The molecule has 2 aromatic rings. The van der Waals surface area contributed by atoms with Gasteiger partial charge in [0.1, 0.15) is 0 Å². The van der Waals surface area contributed by atoms with Crippen LogP contribution in [0, 0.1) is 5.92 Å². The van der Waals surface area contributed by atoms with Crippen LogP contribution in [0.2, 0.25) is 0 Å². The maximum Gasteiger partial charge on any atom is 0.0602 e. The molecule has 2 nitrogen and oxygen atoms in total. The third-order valence-corrected chi connectivity index (χ3v) is 4.96. The van der Waals surface area contributed by atoms with Crippen LogP contribution in [0.4, 0.5) is 0 Å². The summed E-state index contributed by atoms with van der Waals surface area (Å²) < 4.78 is 0. The first-order chi connectivity index (χ1) is 10.9. The maximum atomic E-state index is 4.19. The monoisotopic (exact) mass is 294 g/mol. The Balaban J connectivity index is 1.89. The Kier molecular flexibility index (Phi) is 5.23. The molecular weight excluding hydrogens is 268 g/mol. The second-order valence-corrected chi connectivity index (χ2v) is 6.33. The highest BCUT2D eigenvalue weighted by Crippen LogP contribution is 2.32. The third kappa shape index (κ3) is 3.56. The number of nitrogens with zero attached hydrogens (tertiary/aromatic N) is 2. The minimum Gasteiger partial charge on any atom is -0.292 e. The fourth-order valence-electron chi connectivity index (χ4n) is 3.65. The van der Waals surface area contributed by atoms with Crippen molar-refractivity contribution < 1.29 is 0 Å². The predicted molar refractivity (Wildman–Crippen MR) is 91.7 cm³/mol. The summed E-state index contributed by atoms with van der Waals surface area (Å²) in [5, 5.41) is 0. The Morgan fingerprint density at radius 2 is 1.73 bits per heavy atom. The Labute approximate surface area is 134 Å². The van der Waals surface area contributed by atoms with Gasteiger partial charge in [0, 0.05) is 12.4 Å². The van der Waals surface area contributed by atoms with Crippen LogP contribution in [-0.2, 0) is 0 Å². The minimum absolute atomic E-state index is 0.361. The maximum absolute atomic E-state index is 4.19. The second-order valence-electron chi connectivity index (χ2n) is 6.33. The van der Waals surface area contributed by atoms with Crippen molar-refractivity contribution in [1.82, 2.24) is 9.88 Å². The lowest BCUT2D eigenvalue weighted by molar-refractivity contribution is 0.231.